The SMILES string of the molecule is COC1C(C)C(N=C(N)N2CCSCC2)C1(C)C. The third-order valence-electron chi connectivity index (χ3n) is 4.33. The van der Waals surface area contributed by atoms with E-state index < -0.39 is 0 Å². The summed E-state index contributed by atoms with van der Waals surface area (Å²) in [7, 11) is 1.79. The fourth-order valence-corrected chi connectivity index (χ4v) is 4.29. The summed E-state index contributed by atoms with van der Waals surface area (Å²) in [4.78, 5) is 6.98. The van der Waals surface area contributed by atoms with Gasteiger partial charge >= 0.3 is 0 Å². The molecule has 2 rings (SSSR count). The second kappa shape index (κ2) is 5.29. The van der Waals surface area contributed by atoms with Crippen molar-refractivity contribution in [3.8, 4) is 0 Å². The highest BCUT2D eigenvalue weighted by Crippen LogP contribution is 2.48. The van der Waals surface area contributed by atoms with Crippen molar-refractivity contribution in [1.82, 2.24) is 4.90 Å². The molecule has 0 spiro atoms. The van der Waals surface area contributed by atoms with Crippen LogP contribution in [0.1, 0.15) is 20.8 Å². The lowest BCUT2D eigenvalue weighted by atomic mass is 9.58. The third-order valence-corrected chi connectivity index (χ3v) is 5.27. The van der Waals surface area contributed by atoms with Crippen molar-refractivity contribution >= 4 is 17.7 Å². The van der Waals surface area contributed by atoms with Crippen molar-refractivity contribution in [3.63, 3.8) is 0 Å². The smallest absolute Gasteiger partial charge is 0.191 e. The summed E-state index contributed by atoms with van der Waals surface area (Å²) in [5.41, 5.74) is 6.24. The zero-order valence-corrected chi connectivity index (χ0v) is 12.7. The molecule has 2 aliphatic rings. The normalized spacial score (nSPS) is 36.3. The first kappa shape index (κ1) is 14.0. The molecule has 0 aromatic carbocycles. The first-order valence-electron chi connectivity index (χ1n) is 6.67. The molecule has 1 saturated heterocycles. The zero-order chi connectivity index (χ0) is 13.3. The highest BCUT2D eigenvalue weighted by molar-refractivity contribution is 7.99. The summed E-state index contributed by atoms with van der Waals surface area (Å²) < 4.78 is 5.54. The van der Waals surface area contributed by atoms with Crippen molar-refractivity contribution in [3.05, 3.63) is 0 Å². The number of ether oxygens (including phenoxy) is 1. The predicted octanol–water partition coefficient (Wildman–Crippen LogP) is 1.41. The standard InChI is InChI=1S/C13H25N3OS/c1-9-10(13(2,3)11(9)17-4)15-12(14)16-5-7-18-8-6-16/h9-11H,5-8H2,1-4H3,(H2,14,15). The van der Waals surface area contributed by atoms with Crippen LogP contribution in [-0.4, -0.2) is 54.7 Å². The van der Waals surface area contributed by atoms with Crippen LogP contribution in [0.15, 0.2) is 4.99 Å². The van der Waals surface area contributed by atoms with Crippen LogP contribution in [0.4, 0.5) is 0 Å². The van der Waals surface area contributed by atoms with Gasteiger partial charge in [-0.15, -0.1) is 0 Å². The molecule has 0 amide bonds. The van der Waals surface area contributed by atoms with E-state index in [2.05, 4.69) is 25.7 Å². The predicted molar refractivity (Wildman–Crippen MR) is 78.1 cm³/mol. The van der Waals surface area contributed by atoms with Crippen molar-refractivity contribution < 1.29 is 4.74 Å². The molecule has 0 aromatic rings. The van der Waals surface area contributed by atoms with E-state index in [-0.39, 0.29) is 17.6 Å². The minimum atomic E-state index is 0.0866. The Morgan fingerprint density at radius 3 is 2.50 bits per heavy atom. The van der Waals surface area contributed by atoms with Gasteiger partial charge in [-0.2, -0.15) is 11.8 Å². The molecule has 104 valence electrons. The van der Waals surface area contributed by atoms with E-state index >= 15 is 0 Å². The fourth-order valence-electron chi connectivity index (χ4n) is 3.39. The van der Waals surface area contributed by atoms with Gasteiger partial charge in [0.25, 0.3) is 0 Å². The molecule has 18 heavy (non-hydrogen) atoms. The molecular weight excluding hydrogens is 246 g/mol. The van der Waals surface area contributed by atoms with Crippen LogP contribution < -0.4 is 5.73 Å². The minimum absolute atomic E-state index is 0.0866. The second-order valence-corrected chi connectivity index (χ2v) is 7.09. The van der Waals surface area contributed by atoms with Crippen LogP contribution in [0.2, 0.25) is 0 Å². The maximum Gasteiger partial charge on any atom is 0.191 e. The van der Waals surface area contributed by atoms with Gasteiger partial charge in [0.05, 0.1) is 12.1 Å². The third kappa shape index (κ3) is 2.35. The first-order chi connectivity index (χ1) is 8.48. The molecular formula is C13H25N3OS. The molecule has 4 nitrogen and oxygen atoms in total. The van der Waals surface area contributed by atoms with Gasteiger partial charge in [0.1, 0.15) is 0 Å². The van der Waals surface area contributed by atoms with E-state index in [0.717, 1.165) is 30.6 Å². The van der Waals surface area contributed by atoms with E-state index in [9.17, 15) is 0 Å². The van der Waals surface area contributed by atoms with Gasteiger partial charge in [0, 0.05) is 43.0 Å². The highest BCUT2D eigenvalue weighted by Gasteiger charge is 2.55. The van der Waals surface area contributed by atoms with Gasteiger partial charge < -0.3 is 15.4 Å². The Labute approximate surface area is 114 Å². The maximum absolute atomic E-state index is 6.15. The zero-order valence-electron chi connectivity index (χ0n) is 11.8. The van der Waals surface area contributed by atoms with Gasteiger partial charge in [-0.25, -0.2) is 4.99 Å². The van der Waals surface area contributed by atoms with E-state index in [4.69, 9.17) is 15.5 Å². The molecule has 2 N–H and O–H groups in total. The average molecular weight is 271 g/mol. The van der Waals surface area contributed by atoms with E-state index in [1.54, 1.807) is 7.11 Å². The number of nitrogens with zero attached hydrogens (tertiary/aromatic N) is 2. The van der Waals surface area contributed by atoms with Crippen molar-refractivity contribution in [2.75, 3.05) is 31.7 Å². The monoisotopic (exact) mass is 271 g/mol. The molecule has 1 aliphatic carbocycles. The Kier molecular flexibility index (Phi) is 4.11. The van der Waals surface area contributed by atoms with Crippen molar-refractivity contribution in [2.24, 2.45) is 22.1 Å². The highest BCUT2D eigenvalue weighted by atomic mass is 32.2. The number of hydrogen-bond acceptors (Lipinski definition) is 3. The summed E-state index contributed by atoms with van der Waals surface area (Å²) in [6.07, 6.45) is 0.288. The van der Waals surface area contributed by atoms with E-state index in [0.29, 0.717) is 5.92 Å². The molecule has 0 bridgehead atoms. The quantitative estimate of drug-likeness (QED) is 0.609. The molecule has 1 heterocycles. The molecule has 1 saturated carbocycles. The lowest BCUT2D eigenvalue weighted by Crippen LogP contribution is -2.61. The topological polar surface area (TPSA) is 50.9 Å². The Morgan fingerprint density at radius 1 is 1.39 bits per heavy atom. The number of thioether (sulfide) groups is 1. The molecule has 3 atom stereocenters. The summed E-state index contributed by atoms with van der Waals surface area (Å²) in [5.74, 6) is 3.47. The van der Waals surface area contributed by atoms with Crippen LogP contribution in [0.5, 0.6) is 0 Å². The summed E-state index contributed by atoms with van der Waals surface area (Å²) in [6.45, 7) is 8.68. The van der Waals surface area contributed by atoms with Gasteiger partial charge in [-0.05, 0) is 0 Å². The summed E-state index contributed by atoms with van der Waals surface area (Å²) in [5, 5.41) is 0. The van der Waals surface area contributed by atoms with Crippen LogP contribution in [0, 0.1) is 11.3 Å². The van der Waals surface area contributed by atoms with Crippen LogP contribution in [-0.2, 0) is 4.74 Å². The average Bonchev–Trinajstić information content (AvgIpc) is 2.37. The van der Waals surface area contributed by atoms with Crippen LogP contribution in [0.3, 0.4) is 0 Å². The number of methoxy groups -OCH3 is 1. The largest absolute Gasteiger partial charge is 0.380 e. The molecule has 2 fully saturated rings. The van der Waals surface area contributed by atoms with E-state index in [1.165, 1.54) is 0 Å². The van der Waals surface area contributed by atoms with Crippen molar-refractivity contribution in [1.29, 1.82) is 0 Å². The lowest BCUT2D eigenvalue weighted by molar-refractivity contribution is -0.132. The molecule has 0 aromatic heterocycles. The maximum atomic E-state index is 6.15. The number of hydrogen-bond donors (Lipinski definition) is 1. The minimum Gasteiger partial charge on any atom is -0.380 e. The van der Waals surface area contributed by atoms with Crippen LogP contribution >= 0.6 is 11.8 Å². The van der Waals surface area contributed by atoms with Crippen molar-refractivity contribution in [2.45, 2.75) is 32.9 Å². The molecule has 0 radical (unpaired) electrons. The van der Waals surface area contributed by atoms with Crippen LogP contribution in [0.25, 0.3) is 0 Å². The molecule has 1 aliphatic heterocycles. The Balaban J connectivity index is 2.03. The fraction of sp³-hybridized carbons (Fsp3) is 0.923. The number of guanidine groups is 1. The van der Waals surface area contributed by atoms with Gasteiger partial charge in [-0.3, -0.25) is 0 Å². The number of rotatable bonds is 2. The van der Waals surface area contributed by atoms with Gasteiger partial charge in [-0.1, -0.05) is 20.8 Å². The summed E-state index contributed by atoms with van der Waals surface area (Å²) >= 11 is 1.99. The lowest BCUT2D eigenvalue weighted by Gasteiger charge is -2.54. The Bertz CT molecular complexity index is 326. The Hall–Kier alpha value is -0.420. The molecule has 5 heteroatoms. The number of nitrogens with two attached hydrogens (primary N) is 1. The Morgan fingerprint density at radius 2 is 2.00 bits per heavy atom. The van der Waals surface area contributed by atoms with Gasteiger partial charge in [0.15, 0.2) is 5.96 Å². The first-order valence-corrected chi connectivity index (χ1v) is 7.82. The summed E-state index contributed by atoms with van der Waals surface area (Å²) in [6, 6.07) is 0.275. The van der Waals surface area contributed by atoms with Gasteiger partial charge in [0.2, 0.25) is 0 Å². The van der Waals surface area contributed by atoms with E-state index in [1.807, 2.05) is 11.8 Å². The second-order valence-electron chi connectivity index (χ2n) is 5.87. The molecule has 3 unspecified atom stereocenters. The number of aliphatic imine (C=N–C) groups is 1.